The van der Waals surface area contributed by atoms with Crippen LogP contribution in [0.2, 0.25) is 0 Å². The fraction of sp³-hybridized carbons (Fsp3) is 0.300. The number of aryl methyl sites for hydroxylation is 1. The molecule has 2 atom stereocenters. The van der Waals surface area contributed by atoms with Gasteiger partial charge in [0.05, 0.1) is 18.5 Å². The van der Waals surface area contributed by atoms with Gasteiger partial charge in [-0.2, -0.15) is 0 Å². The van der Waals surface area contributed by atoms with Crippen LogP contribution in [0.25, 0.3) is 0 Å². The molecule has 2 aromatic rings. The van der Waals surface area contributed by atoms with Crippen LogP contribution in [0.1, 0.15) is 48.5 Å². The van der Waals surface area contributed by atoms with Gasteiger partial charge in [0.25, 0.3) is 0 Å². The van der Waals surface area contributed by atoms with Gasteiger partial charge >= 0.3 is 6.03 Å². The molecular weight excluding hydrogens is 394 g/mol. The first-order valence-corrected chi connectivity index (χ1v) is 9.35. The summed E-state index contributed by atoms with van der Waals surface area (Å²) in [6, 6.07) is 14.4. The molecule has 4 N–H and O–H groups in total. The molecule has 0 aromatic heterocycles. The molecule has 0 saturated heterocycles. The number of nitrogens with two attached hydrogens (primary N) is 1. The molecule has 138 valence electrons. The maximum Gasteiger partial charge on any atom is 0.312 e. The first-order valence-electron chi connectivity index (χ1n) is 8.56. The monoisotopic (exact) mass is 417 g/mol. The van der Waals surface area contributed by atoms with Crippen LogP contribution in [0, 0.1) is 6.92 Å². The zero-order chi connectivity index (χ0) is 19.1. The van der Waals surface area contributed by atoms with E-state index in [-0.39, 0.29) is 18.4 Å². The van der Waals surface area contributed by atoms with Gasteiger partial charge in [0.2, 0.25) is 5.91 Å². The third kappa shape index (κ3) is 5.88. The van der Waals surface area contributed by atoms with Crippen molar-refractivity contribution in [2.75, 3.05) is 0 Å². The zero-order valence-electron chi connectivity index (χ0n) is 15.0. The van der Waals surface area contributed by atoms with Crippen LogP contribution in [0.3, 0.4) is 0 Å². The number of hydrogen-bond acceptors (Lipinski definition) is 2. The zero-order valence-corrected chi connectivity index (χ0v) is 16.5. The fourth-order valence-corrected chi connectivity index (χ4v) is 3.22. The van der Waals surface area contributed by atoms with E-state index in [2.05, 4.69) is 26.6 Å². The molecule has 0 spiro atoms. The molecule has 0 radical (unpaired) electrons. The van der Waals surface area contributed by atoms with Crippen molar-refractivity contribution >= 4 is 27.9 Å². The Bertz CT molecular complexity index is 762. The van der Waals surface area contributed by atoms with Crippen LogP contribution in [0.5, 0.6) is 0 Å². The van der Waals surface area contributed by atoms with Gasteiger partial charge < -0.3 is 16.4 Å². The third-order valence-corrected chi connectivity index (χ3v) is 4.67. The van der Waals surface area contributed by atoms with E-state index in [0.29, 0.717) is 0 Å². The second kappa shape index (κ2) is 9.38. The van der Waals surface area contributed by atoms with Gasteiger partial charge in [0, 0.05) is 4.47 Å². The summed E-state index contributed by atoms with van der Waals surface area (Å²) in [5, 5.41) is 5.70. The standard InChI is InChI=1S/C20H24BrN3O2/c1-3-17(14-9-7-13(2)8-10-14)23-19(25)12-18(24-20(22)26)15-5-4-6-16(21)11-15/h4-11,17-18H,3,12H2,1-2H3,(H,23,25)(H3,22,24,26). The molecule has 6 heteroatoms. The molecule has 0 aliphatic heterocycles. The van der Waals surface area contributed by atoms with E-state index in [1.165, 1.54) is 5.56 Å². The van der Waals surface area contributed by atoms with Crippen molar-refractivity contribution in [2.24, 2.45) is 5.73 Å². The summed E-state index contributed by atoms with van der Waals surface area (Å²) in [7, 11) is 0. The number of urea groups is 1. The Labute approximate surface area is 162 Å². The lowest BCUT2D eigenvalue weighted by Crippen LogP contribution is -2.37. The molecule has 26 heavy (non-hydrogen) atoms. The minimum atomic E-state index is -0.659. The van der Waals surface area contributed by atoms with Crippen LogP contribution in [0.4, 0.5) is 4.79 Å². The Morgan fingerprint density at radius 1 is 1.04 bits per heavy atom. The first-order chi connectivity index (χ1) is 12.4. The van der Waals surface area contributed by atoms with Crippen molar-refractivity contribution in [3.8, 4) is 0 Å². The van der Waals surface area contributed by atoms with Gasteiger partial charge in [0.15, 0.2) is 0 Å². The van der Waals surface area contributed by atoms with Gasteiger partial charge in [-0.25, -0.2) is 4.79 Å². The topological polar surface area (TPSA) is 84.2 Å². The van der Waals surface area contributed by atoms with E-state index in [0.717, 1.165) is 22.0 Å². The maximum absolute atomic E-state index is 12.6. The summed E-state index contributed by atoms with van der Waals surface area (Å²) < 4.78 is 0.873. The quantitative estimate of drug-likeness (QED) is 0.632. The van der Waals surface area contributed by atoms with Crippen LogP contribution in [-0.4, -0.2) is 11.9 Å². The van der Waals surface area contributed by atoms with Crippen molar-refractivity contribution < 1.29 is 9.59 Å². The highest BCUT2D eigenvalue weighted by molar-refractivity contribution is 9.10. The van der Waals surface area contributed by atoms with Crippen LogP contribution < -0.4 is 16.4 Å². The Balaban J connectivity index is 2.10. The SMILES string of the molecule is CCC(NC(=O)CC(NC(N)=O)c1cccc(Br)c1)c1ccc(C)cc1. The Kier molecular flexibility index (Phi) is 7.21. The molecule has 0 fully saturated rings. The molecule has 3 amide bonds. The Morgan fingerprint density at radius 3 is 2.31 bits per heavy atom. The maximum atomic E-state index is 12.6. The summed E-state index contributed by atoms with van der Waals surface area (Å²) >= 11 is 3.41. The average molecular weight is 418 g/mol. The minimum Gasteiger partial charge on any atom is -0.352 e. The second-order valence-corrected chi connectivity index (χ2v) is 7.18. The van der Waals surface area contributed by atoms with Gasteiger partial charge in [-0.3, -0.25) is 4.79 Å². The minimum absolute atomic E-state index is 0.0696. The normalized spacial score (nSPS) is 12.9. The van der Waals surface area contributed by atoms with Crippen molar-refractivity contribution in [2.45, 2.75) is 38.8 Å². The molecule has 2 aromatic carbocycles. The van der Waals surface area contributed by atoms with E-state index in [1.54, 1.807) is 0 Å². The predicted octanol–water partition coefficient (Wildman–Crippen LogP) is 4.12. The van der Waals surface area contributed by atoms with Gasteiger partial charge in [-0.15, -0.1) is 0 Å². The predicted molar refractivity (Wildman–Crippen MR) is 107 cm³/mol. The van der Waals surface area contributed by atoms with Crippen molar-refractivity contribution in [3.63, 3.8) is 0 Å². The van der Waals surface area contributed by atoms with Crippen LogP contribution in [0.15, 0.2) is 53.0 Å². The Hall–Kier alpha value is -2.34. The molecule has 0 aliphatic carbocycles. The van der Waals surface area contributed by atoms with E-state index < -0.39 is 12.1 Å². The largest absolute Gasteiger partial charge is 0.352 e. The number of amides is 3. The van der Waals surface area contributed by atoms with Crippen LogP contribution in [-0.2, 0) is 4.79 Å². The van der Waals surface area contributed by atoms with E-state index in [9.17, 15) is 9.59 Å². The van der Waals surface area contributed by atoms with Gasteiger partial charge in [-0.1, -0.05) is 64.8 Å². The molecule has 0 aliphatic rings. The summed E-state index contributed by atoms with van der Waals surface area (Å²) in [5.41, 5.74) is 8.34. The van der Waals surface area contributed by atoms with Crippen LogP contribution >= 0.6 is 15.9 Å². The number of halogens is 1. The summed E-state index contributed by atoms with van der Waals surface area (Å²) in [4.78, 5) is 23.9. The second-order valence-electron chi connectivity index (χ2n) is 6.26. The third-order valence-electron chi connectivity index (χ3n) is 4.18. The molecule has 2 unspecified atom stereocenters. The van der Waals surface area contributed by atoms with E-state index >= 15 is 0 Å². The smallest absolute Gasteiger partial charge is 0.312 e. The number of carbonyl (C=O) groups excluding carboxylic acids is 2. The first kappa shape index (κ1) is 20.0. The number of hydrogen-bond donors (Lipinski definition) is 3. The number of primary amides is 1. The highest BCUT2D eigenvalue weighted by Crippen LogP contribution is 2.22. The van der Waals surface area contributed by atoms with E-state index in [1.807, 2.05) is 62.4 Å². The summed E-state index contributed by atoms with van der Waals surface area (Å²) in [6.45, 7) is 4.06. The number of nitrogens with one attached hydrogen (secondary N) is 2. The number of benzene rings is 2. The lowest BCUT2D eigenvalue weighted by molar-refractivity contribution is -0.122. The summed E-state index contributed by atoms with van der Waals surface area (Å²) in [5.74, 6) is -0.142. The highest BCUT2D eigenvalue weighted by atomic mass is 79.9. The van der Waals surface area contributed by atoms with Gasteiger partial charge in [-0.05, 0) is 36.6 Å². The number of rotatable bonds is 7. The highest BCUT2D eigenvalue weighted by Gasteiger charge is 2.20. The Morgan fingerprint density at radius 2 is 1.73 bits per heavy atom. The summed E-state index contributed by atoms with van der Waals surface area (Å²) in [6.07, 6.45) is 0.890. The fourth-order valence-electron chi connectivity index (χ4n) is 2.81. The number of carbonyl (C=O) groups is 2. The lowest BCUT2D eigenvalue weighted by atomic mass is 10.0. The van der Waals surface area contributed by atoms with Crippen molar-refractivity contribution in [1.29, 1.82) is 0 Å². The lowest BCUT2D eigenvalue weighted by Gasteiger charge is -2.21. The molecule has 0 heterocycles. The molecule has 5 nitrogen and oxygen atoms in total. The van der Waals surface area contributed by atoms with Crippen molar-refractivity contribution in [1.82, 2.24) is 10.6 Å². The molecular formula is C20H24BrN3O2. The van der Waals surface area contributed by atoms with Gasteiger partial charge in [0.1, 0.15) is 0 Å². The molecule has 0 saturated carbocycles. The molecule has 2 rings (SSSR count). The average Bonchev–Trinajstić information content (AvgIpc) is 2.59. The van der Waals surface area contributed by atoms with E-state index in [4.69, 9.17) is 5.73 Å². The molecule has 0 bridgehead atoms. The van der Waals surface area contributed by atoms with Crippen molar-refractivity contribution in [3.05, 3.63) is 69.7 Å².